The summed E-state index contributed by atoms with van der Waals surface area (Å²) in [6.45, 7) is 1.90. The number of carbonyl (C=O) groups excluding carboxylic acids is 1. The normalized spacial score (nSPS) is 17.5. The Morgan fingerprint density at radius 3 is 2.44 bits per heavy atom. The number of ketones is 1. The van der Waals surface area contributed by atoms with E-state index in [0.29, 0.717) is 23.0 Å². The van der Waals surface area contributed by atoms with E-state index in [1.165, 1.54) is 0 Å². The highest BCUT2D eigenvalue weighted by atomic mass is 16.5. The summed E-state index contributed by atoms with van der Waals surface area (Å²) in [5, 5.41) is 0. The van der Waals surface area contributed by atoms with Crippen LogP contribution in [0.1, 0.15) is 28.9 Å². The predicted molar refractivity (Wildman–Crippen MR) is 124 cm³/mol. The van der Waals surface area contributed by atoms with Crippen molar-refractivity contribution < 1.29 is 14.3 Å². The number of ether oxygens (including phenoxy) is 2. The average Bonchev–Trinajstić information content (AvgIpc) is 3.20. The fourth-order valence-corrected chi connectivity index (χ4v) is 4.49. The van der Waals surface area contributed by atoms with E-state index in [1.54, 1.807) is 14.2 Å². The molecule has 0 aliphatic carbocycles. The number of imidazole rings is 1. The van der Waals surface area contributed by atoms with Crippen molar-refractivity contribution >= 4 is 28.5 Å². The fourth-order valence-electron chi connectivity index (χ4n) is 4.49. The van der Waals surface area contributed by atoms with Crippen molar-refractivity contribution in [1.82, 2.24) is 9.55 Å². The third kappa shape index (κ3) is 3.15. The fraction of sp³-hybridized carbons (Fsp3) is 0.192. The molecule has 2 heterocycles. The van der Waals surface area contributed by atoms with Crippen molar-refractivity contribution in [3.8, 4) is 11.5 Å². The van der Waals surface area contributed by atoms with Crippen LogP contribution in [0.5, 0.6) is 11.5 Å². The average molecular weight is 425 g/mol. The molecule has 0 saturated carbocycles. The van der Waals surface area contributed by atoms with E-state index in [0.717, 1.165) is 22.3 Å². The largest absolute Gasteiger partial charge is 0.497 e. The number of aliphatic imine (C=N–C) groups is 1. The highest BCUT2D eigenvalue weighted by Gasteiger charge is 2.40. The van der Waals surface area contributed by atoms with Crippen molar-refractivity contribution in [1.29, 1.82) is 0 Å². The second kappa shape index (κ2) is 7.96. The topological polar surface area (TPSA) is 65.7 Å². The Bertz CT molecular complexity index is 1340. The van der Waals surface area contributed by atoms with Gasteiger partial charge in [0.25, 0.3) is 0 Å². The van der Waals surface area contributed by atoms with Gasteiger partial charge in [0, 0.05) is 22.9 Å². The van der Waals surface area contributed by atoms with Gasteiger partial charge in [-0.05, 0) is 31.2 Å². The smallest absolute Gasteiger partial charge is 0.231 e. The van der Waals surface area contributed by atoms with Crippen molar-refractivity contribution in [2.45, 2.75) is 13.0 Å². The maximum atomic E-state index is 13.8. The molecule has 0 bridgehead atoms. The maximum Gasteiger partial charge on any atom is 0.231 e. The molecule has 4 aromatic rings. The molecule has 3 aromatic carbocycles. The summed E-state index contributed by atoms with van der Waals surface area (Å²) in [4.78, 5) is 23.3. The zero-order chi connectivity index (χ0) is 22.2. The van der Waals surface area contributed by atoms with E-state index in [9.17, 15) is 4.79 Å². The minimum absolute atomic E-state index is 0.0122. The van der Waals surface area contributed by atoms with Crippen LogP contribution in [-0.4, -0.2) is 35.3 Å². The lowest BCUT2D eigenvalue weighted by atomic mass is 9.82. The highest BCUT2D eigenvalue weighted by molar-refractivity contribution is 6.13. The molecule has 1 aromatic heterocycles. The molecular weight excluding hydrogens is 402 g/mol. The van der Waals surface area contributed by atoms with Gasteiger partial charge in [-0.25, -0.2) is 9.98 Å². The third-order valence-corrected chi connectivity index (χ3v) is 6.00. The predicted octanol–water partition coefficient (Wildman–Crippen LogP) is 5.25. The number of fused-ring (bicyclic) bond motifs is 3. The summed E-state index contributed by atoms with van der Waals surface area (Å²) in [6, 6.07) is 22.6. The molecule has 6 heteroatoms. The third-order valence-electron chi connectivity index (χ3n) is 6.00. The summed E-state index contributed by atoms with van der Waals surface area (Å²) >= 11 is 0. The van der Waals surface area contributed by atoms with Gasteiger partial charge in [-0.3, -0.25) is 9.36 Å². The molecule has 1 aliphatic heterocycles. The monoisotopic (exact) mass is 425 g/mol. The van der Waals surface area contributed by atoms with Gasteiger partial charge in [-0.1, -0.05) is 42.5 Å². The summed E-state index contributed by atoms with van der Waals surface area (Å²) in [6.07, 6.45) is 0. The second-order valence-corrected chi connectivity index (χ2v) is 7.78. The molecular formula is C26H23N3O3. The lowest BCUT2D eigenvalue weighted by Gasteiger charge is -2.33. The van der Waals surface area contributed by atoms with Gasteiger partial charge in [0.05, 0.1) is 37.2 Å². The van der Waals surface area contributed by atoms with Gasteiger partial charge in [0.1, 0.15) is 11.5 Å². The van der Waals surface area contributed by atoms with Crippen LogP contribution in [0.4, 0.5) is 5.95 Å². The molecule has 0 N–H and O–H groups in total. The maximum absolute atomic E-state index is 13.8. The number of aromatic nitrogens is 2. The number of rotatable bonds is 5. The zero-order valence-corrected chi connectivity index (χ0v) is 18.1. The van der Waals surface area contributed by atoms with Crippen molar-refractivity contribution in [2.75, 3.05) is 14.2 Å². The lowest BCUT2D eigenvalue weighted by molar-refractivity contribution is 0.0932. The number of hydrogen-bond acceptors (Lipinski definition) is 5. The SMILES string of the molecule is COc1ccc(C2C(C(=O)c3ccccc3)C(C)=Nc3nc4ccccc4n32)c(OC)c1. The van der Waals surface area contributed by atoms with Gasteiger partial charge in [0.15, 0.2) is 5.78 Å². The van der Waals surface area contributed by atoms with Crippen LogP contribution in [0.15, 0.2) is 77.8 Å². The van der Waals surface area contributed by atoms with E-state index in [4.69, 9.17) is 19.5 Å². The molecule has 1 aliphatic rings. The minimum atomic E-state index is -0.509. The molecule has 0 spiro atoms. The quantitative estimate of drug-likeness (QED) is 0.410. The van der Waals surface area contributed by atoms with Crippen LogP contribution in [0.3, 0.4) is 0 Å². The first-order valence-corrected chi connectivity index (χ1v) is 10.5. The Morgan fingerprint density at radius 2 is 1.69 bits per heavy atom. The number of nitrogens with zero attached hydrogens (tertiary/aromatic N) is 3. The van der Waals surface area contributed by atoms with Crippen molar-refractivity contribution in [2.24, 2.45) is 10.9 Å². The van der Waals surface area contributed by atoms with Crippen LogP contribution in [0, 0.1) is 5.92 Å². The first kappa shape index (κ1) is 20.0. The molecule has 5 rings (SSSR count). The van der Waals surface area contributed by atoms with E-state index in [1.807, 2.05) is 79.7 Å². The molecule has 32 heavy (non-hydrogen) atoms. The lowest BCUT2D eigenvalue weighted by Crippen LogP contribution is -2.35. The van der Waals surface area contributed by atoms with Crippen LogP contribution in [-0.2, 0) is 0 Å². The minimum Gasteiger partial charge on any atom is -0.497 e. The summed E-state index contributed by atoms with van der Waals surface area (Å²) in [5.74, 6) is 1.43. The molecule has 160 valence electrons. The Morgan fingerprint density at radius 1 is 0.938 bits per heavy atom. The van der Waals surface area contributed by atoms with Gasteiger partial charge in [-0.15, -0.1) is 0 Å². The second-order valence-electron chi connectivity index (χ2n) is 7.78. The van der Waals surface area contributed by atoms with E-state index in [2.05, 4.69) is 4.57 Å². The van der Waals surface area contributed by atoms with Crippen LogP contribution >= 0.6 is 0 Å². The van der Waals surface area contributed by atoms with Gasteiger partial charge >= 0.3 is 0 Å². The summed E-state index contributed by atoms with van der Waals surface area (Å²) < 4.78 is 13.2. The molecule has 0 saturated heterocycles. The van der Waals surface area contributed by atoms with Crippen molar-refractivity contribution in [3.63, 3.8) is 0 Å². The Labute approximate surface area is 186 Å². The van der Waals surface area contributed by atoms with Gasteiger partial charge in [-0.2, -0.15) is 0 Å². The molecule has 0 fully saturated rings. The highest BCUT2D eigenvalue weighted by Crippen LogP contribution is 2.44. The first-order chi connectivity index (χ1) is 15.6. The van der Waals surface area contributed by atoms with Crippen LogP contribution < -0.4 is 9.47 Å². The number of carbonyl (C=O) groups is 1. The molecule has 0 amide bonds. The zero-order valence-electron chi connectivity index (χ0n) is 18.1. The van der Waals surface area contributed by atoms with Gasteiger partial charge in [0.2, 0.25) is 5.95 Å². The van der Waals surface area contributed by atoms with Gasteiger partial charge < -0.3 is 9.47 Å². The number of Topliss-reactive ketones (excluding diaryl/α,β-unsaturated/α-hetero) is 1. The number of para-hydroxylation sites is 2. The number of methoxy groups -OCH3 is 2. The Hall–Kier alpha value is -3.93. The Kier molecular flexibility index (Phi) is 4.98. The summed E-state index contributed by atoms with van der Waals surface area (Å²) in [7, 11) is 3.25. The molecule has 2 unspecified atom stereocenters. The van der Waals surface area contributed by atoms with Crippen molar-refractivity contribution in [3.05, 3.63) is 83.9 Å². The number of hydrogen-bond donors (Lipinski definition) is 0. The standard InChI is InChI=1S/C26H23N3O3/c1-16-23(25(30)17-9-5-4-6-10-17)24(19-14-13-18(31-2)15-22(19)32-3)29-21-12-8-7-11-20(21)28-26(29)27-16/h4-15,23-24H,1-3H3. The van der Waals surface area contributed by atoms with Crippen LogP contribution in [0.25, 0.3) is 11.0 Å². The summed E-state index contributed by atoms with van der Waals surface area (Å²) in [5.41, 5.74) is 4.01. The van der Waals surface area contributed by atoms with E-state index in [-0.39, 0.29) is 11.8 Å². The number of benzene rings is 3. The molecule has 0 radical (unpaired) electrons. The van der Waals surface area contributed by atoms with E-state index < -0.39 is 5.92 Å². The first-order valence-electron chi connectivity index (χ1n) is 10.5. The molecule has 6 nitrogen and oxygen atoms in total. The molecule has 2 atom stereocenters. The van der Waals surface area contributed by atoms with Crippen LogP contribution in [0.2, 0.25) is 0 Å². The van der Waals surface area contributed by atoms with E-state index >= 15 is 0 Å². The Balaban J connectivity index is 1.78.